The third kappa shape index (κ3) is 5.08. The van der Waals surface area contributed by atoms with E-state index in [1.165, 1.54) is 24.9 Å². The van der Waals surface area contributed by atoms with E-state index in [0.29, 0.717) is 0 Å². The fourth-order valence-corrected chi connectivity index (χ4v) is 4.82. The van der Waals surface area contributed by atoms with Crippen LogP contribution in [0.1, 0.15) is 25.7 Å². The highest BCUT2D eigenvalue weighted by Gasteiger charge is 2.13. The molecule has 3 aromatic rings. The van der Waals surface area contributed by atoms with Gasteiger partial charge in [-0.25, -0.2) is 4.98 Å². The second-order valence-corrected chi connectivity index (χ2v) is 8.65. The molecule has 0 saturated carbocycles. The van der Waals surface area contributed by atoms with Gasteiger partial charge in [-0.05, 0) is 62.1 Å². The van der Waals surface area contributed by atoms with E-state index in [-0.39, 0.29) is 6.54 Å². The average molecular weight is 425 g/mol. The second-order valence-electron chi connectivity index (χ2n) is 7.59. The van der Waals surface area contributed by atoms with Gasteiger partial charge in [-0.1, -0.05) is 23.9 Å². The number of aromatic nitrogens is 2. The van der Waals surface area contributed by atoms with Gasteiger partial charge < -0.3 is 19.9 Å². The molecule has 2 N–H and O–H groups in total. The zero-order valence-corrected chi connectivity index (χ0v) is 17.9. The summed E-state index contributed by atoms with van der Waals surface area (Å²) in [6.07, 6.45) is 4.89. The Hall–Kier alpha value is -2.67. The number of benzene rings is 2. The molecular formula is C23H28N4O2S. The van der Waals surface area contributed by atoms with E-state index < -0.39 is 5.97 Å². The van der Waals surface area contributed by atoms with Crippen LogP contribution in [0.15, 0.2) is 53.7 Å². The monoisotopic (exact) mass is 424 g/mol. The number of nitrogens with zero attached hydrogens (tertiary/aromatic N) is 3. The van der Waals surface area contributed by atoms with Gasteiger partial charge in [0.1, 0.15) is 6.54 Å². The standard InChI is InChI=1S/C23H28N4O2S/c28-22(29)17-27-21-8-3-2-7-20(21)25-23(27)30-16-6-13-24-18-9-11-19(12-10-18)26-14-4-1-5-15-26/h2-3,7-12,24H,1,4-6,13-17H2,(H,28,29). The first-order valence-corrected chi connectivity index (χ1v) is 11.6. The van der Waals surface area contributed by atoms with Crippen molar-refractivity contribution in [3.8, 4) is 0 Å². The number of piperidine rings is 1. The molecule has 0 amide bonds. The largest absolute Gasteiger partial charge is 0.480 e. The number of rotatable bonds is 9. The zero-order valence-electron chi connectivity index (χ0n) is 17.1. The molecule has 1 fully saturated rings. The van der Waals surface area contributed by atoms with Crippen LogP contribution in [0, 0.1) is 0 Å². The SMILES string of the molecule is O=C(O)Cn1c(SCCCNc2ccc(N3CCCCC3)cc2)nc2ccccc21. The molecule has 0 radical (unpaired) electrons. The quantitative estimate of drug-likeness (QED) is 0.383. The molecular weight excluding hydrogens is 396 g/mol. The molecule has 1 aromatic heterocycles. The van der Waals surface area contributed by atoms with Crippen LogP contribution in [0.3, 0.4) is 0 Å². The Morgan fingerprint density at radius 3 is 2.60 bits per heavy atom. The fourth-order valence-electron chi connectivity index (χ4n) is 3.86. The minimum atomic E-state index is -0.852. The summed E-state index contributed by atoms with van der Waals surface area (Å²) in [7, 11) is 0. The van der Waals surface area contributed by atoms with Crippen molar-refractivity contribution in [2.75, 3.05) is 35.6 Å². The summed E-state index contributed by atoms with van der Waals surface area (Å²) in [5.74, 6) is 0.0246. The van der Waals surface area contributed by atoms with E-state index in [0.717, 1.165) is 53.7 Å². The number of fused-ring (bicyclic) bond motifs is 1. The number of hydrogen-bond acceptors (Lipinski definition) is 5. The Morgan fingerprint density at radius 2 is 1.83 bits per heavy atom. The van der Waals surface area contributed by atoms with Crippen molar-refractivity contribution in [3.63, 3.8) is 0 Å². The van der Waals surface area contributed by atoms with Crippen molar-refractivity contribution in [1.29, 1.82) is 0 Å². The van der Waals surface area contributed by atoms with Gasteiger partial charge in [-0.3, -0.25) is 4.79 Å². The maximum absolute atomic E-state index is 11.2. The van der Waals surface area contributed by atoms with Crippen molar-refractivity contribution in [2.45, 2.75) is 37.4 Å². The number of nitrogens with one attached hydrogen (secondary N) is 1. The van der Waals surface area contributed by atoms with Crippen LogP contribution in [-0.4, -0.2) is 46.0 Å². The lowest BCUT2D eigenvalue weighted by molar-refractivity contribution is -0.137. The van der Waals surface area contributed by atoms with Gasteiger partial charge in [-0.15, -0.1) is 0 Å². The smallest absolute Gasteiger partial charge is 0.323 e. The summed E-state index contributed by atoms with van der Waals surface area (Å²) < 4.78 is 1.79. The van der Waals surface area contributed by atoms with Crippen molar-refractivity contribution >= 4 is 40.1 Å². The summed E-state index contributed by atoms with van der Waals surface area (Å²) >= 11 is 1.61. The third-order valence-electron chi connectivity index (χ3n) is 5.38. The normalized spacial score (nSPS) is 14.2. The molecule has 0 aliphatic carbocycles. The molecule has 30 heavy (non-hydrogen) atoms. The van der Waals surface area contributed by atoms with Crippen molar-refractivity contribution in [2.24, 2.45) is 0 Å². The van der Waals surface area contributed by atoms with Crippen LogP contribution in [0.4, 0.5) is 11.4 Å². The van der Waals surface area contributed by atoms with Crippen molar-refractivity contribution < 1.29 is 9.90 Å². The molecule has 0 spiro atoms. The van der Waals surface area contributed by atoms with Gasteiger partial charge in [0.2, 0.25) is 0 Å². The lowest BCUT2D eigenvalue weighted by atomic mass is 10.1. The molecule has 1 saturated heterocycles. The fraction of sp³-hybridized carbons (Fsp3) is 0.391. The lowest BCUT2D eigenvalue weighted by Crippen LogP contribution is -2.29. The highest BCUT2D eigenvalue weighted by atomic mass is 32.2. The number of imidazole rings is 1. The minimum Gasteiger partial charge on any atom is -0.480 e. The van der Waals surface area contributed by atoms with E-state index in [2.05, 4.69) is 39.5 Å². The van der Waals surface area contributed by atoms with Gasteiger partial charge in [0.05, 0.1) is 11.0 Å². The number of aliphatic carboxylic acids is 1. The van der Waals surface area contributed by atoms with Gasteiger partial charge in [0.15, 0.2) is 5.16 Å². The Balaban J connectivity index is 1.27. The molecule has 1 aliphatic rings. The number of carbonyl (C=O) groups is 1. The van der Waals surface area contributed by atoms with E-state index in [1.54, 1.807) is 16.3 Å². The predicted octanol–water partition coefficient (Wildman–Crippen LogP) is 4.71. The van der Waals surface area contributed by atoms with E-state index >= 15 is 0 Å². The van der Waals surface area contributed by atoms with Crippen LogP contribution in [0.5, 0.6) is 0 Å². The zero-order chi connectivity index (χ0) is 20.8. The summed E-state index contributed by atoms with van der Waals surface area (Å²) in [5.41, 5.74) is 4.16. The number of thioether (sulfide) groups is 1. The van der Waals surface area contributed by atoms with Gasteiger partial charge in [-0.2, -0.15) is 0 Å². The summed E-state index contributed by atoms with van der Waals surface area (Å²) in [4.78, 5) is 18.3. The number of hydrogen-bond donors (Lipinski definition) is 2. The summed E-state index contributed by atoms with van der Waals surface area (Å²) in [6, 6.07) is 16.4. The molecule has 2 heterocycles. The Kier molecular flexibility index (Phi) is 6.79. The van der Waals surface area contributed by atoms with Crippen molar-refractivity contribution in [3.05, 3.63) is 48.5 Å². The molecule has 0 unspecified atom stereocenters. The summed E-state index contributed by atoms with van der Waals surface area (Å²) in [5, 5.41) is 13.5. The Morgan fingerprint density at radius 1 is 1.07 bits per heavy atom. The van der Waals surface area contributed by atoms with Crippen LogP contribution < -0.4 is 10.2 Å². The lowest BCUT2D eigenvalue weighted by Gasteiger charge is -2.28. The average Bonchev–Trinajstić information content (AvgIpc) is 3.11. The number of carboxylic acid groups (broad SMARTS) is 1. The maximum Gasteiger partial charge on any atom is 0.323 e. The number of carboxylic acids is 1. The molecule has 6 nitrogen and oxygen atoms in total. The van der Waals surface area contributed by atoms with E-state index in [1.807, 2.05) is 24.3 Å². The number of para-hydroxylation sites is 2. The topological polar surface area (TPSA) is 70.4 Å². The van der Waals surface area contributed by atoms with Crippen LogP contribution in [0.2, 0.25) is 0 Å². The third-order valence-corrected chi connectivity index (χ3v) is 6.45. The maximum atomic E-state index is 11.2. The molecule has 158 valence electrons. The number of anilines is 2. The van der Waals surface area contributed by atoms with Gasteiger partial charge >= 0.3 is 5.97 Å². The van der Waals surface area contributed by atoms with Gasteiger partial charge in [0.25, 0.3) is 0 Å². The molecule has 0 bridgehead atoms. The molecule has 1 aliphatic heterocycles. The van der Waals surface area contributed by atoms with Crippen LogP contribution in [0.25, 0.3) is 11.0 Å². The molecule has 0 atom stereocenters. The molecule has 2 aromatic carbocycles. The van der Waals surface area contributed by atoms with Crippen molar-refractivity contribution in [1.82, 2.24) is 9.55 Å². The Bertz CT molecular complexity index is 981. The first-order chi connectivity index (χ1) is 14.7. The molecule has 4 rings (SSSR count). The molecule has 7 heteroatoms. The van der Waals surface area contributed by atoms with E-state index in [4.69, 9.17) is 0 Å². The highest BCUT2D eigenvalue weighted by molar-refractivity contribution is 7.99. The summed E-state index contributed by atoms with van der Waals surface area (Å²) in [6.45, 7) is 3.13. The van der Waals surface area contributed by atoms with E-state index in [9.17, 15) is 9.90 Å². The van der Waals surface area contributed by atoms with Crippen LogP contribution >= 0.6 is 11.8 Å². The first-order valence-electron chi connectivity index (χ1n) is 10.6. The minimum absolute atomic E-state index is 0.0650. The first kappa shape index (κ1) is 20.6. The van der Waals surface area contributed by atoms with Gasteiger partial charge in [0, 0.05) is 36.8 Å². The Labute approximate surface area is 181 Å². The van der Waals surface area contributed by atoms with Crippen LogP contribution in [-0.2, 0) is 11.3 Å². The predicted molar refractivity (Wildman–Crippen MR) is 124 cm³/mol. The second kappa shape index (κ2) is 9.89. The highest BCUT2D eigenvalue weighted by Crippen LogP contribution is 2.25.